The fourth-order valence-electron chi connectivity index (χ4n) is 3.85. The smallest absolute Gasteiger partial charge is 0.335 e. The first-order valence-corrected chi connectivity index (χ1v) is 13.6. The lowest BCUT2D eigenvalue weighted by Gasteiger charge is -2.27. The lowest BCUT2D eigenvalue weighted by Crippen LogP contribution is -2.54. The average Bonchev–Trinajstić information content (AvgIpc) is 2.95. The Balaban J connectivity index is 1.53. The number of hydrogen-bond acceptors (Lipinski definition) is 7. The number of ether oxygens (including phenoxy) is 3. The zero-order valence-electron chi connectivity index (χ0n) is 22.3. The Hall–Kier alpha value is -4.25. The van der Waals surface area contributed by atoms with Gasteiger partial charge in [-0.15, -0.1) is 0 Å². The van der Waals surface area contributed by atoms with Crippen LogP contribution in [0.2, 0.25) is 15.1 Å². The van der Waals surface area contributed by atoms with Crippen LogP contribution in [0.25, 0.3) is 6.08 Å². The van der Waals surface area contributed by atoms with E-state index in [9.17, 15) is 19.2 Å². The summed E-state index contributed by atoms with van der Waals surface area (Å²) in [6.45, 7) is 2.00. The Bertz CT molecular complexity index is 1550. The van der Waals surface area contributed by atoms with Crippen LogP contribution in [0.15, 0.2) is 60.2 Å². The van der Waals surface area contributed by atoms with E-state index in [0.717, 1.165) is 11.3 Å². The highest BCUT2D eigenvalue weighted by Crippen LogP contribution is 2.36. The third-order valence-corrected chi connectivity index (χ3v) is 6.59. The molecule has 2 N–H and O–H groups in total. The van der Waals surface area contributed by atoms with Gasteiger partial charge in [0.15, 0.2) is 23.9 Å². The van der Waals surface area contributed by atoms with Gasteiger partial charge < -0.3 is 19.5 Å². The second kappa shape index (κ2) is 13.6. The molecule has 0 unspecified atom stereocenters. The maximum absolute atomic E-state index is 13.4. The zero-order chi connectivity index (χ0) is 30.4. The summed E-state index contributed by atoms with van der Waals surface area (Å²) in [5.74, 6) is -1.47. The molecule has 0 radical (unpaired) electrons. The maximum atomic E-state index is 13.4. The van der Waals surface area contributed by atoms with Gasteiger partial charge in [0.2, 0.25) is 0 Å². The van der Waals surface area contributed by atoms with Crippen LogP contribution in [-0.4, -0.2) is 44.1 Å². The highest BCUT2D eigenvalue weighted by Gasteiger charge is 2.37. The van der Waals surface area contributed by atoms with Crippen LogP contribution in [-0.2, 0) is 14.4 Å². The topological polar surface area (TPSA) is 123 Å². The van der Waals surface area contributed by atoms with Gasteiger partial charge in [0.05, 0.1) is 29.4 Å². The largest absolute Gasteiger partial charge is 0.493 e. The molecule has 0 spiro atoms. The number of halogens is 3. The van der Waals surface area contributed by atoms with E-state index in [4.69, 9.17) is 49.0 Å². The van der Waals surface area contributed by atoms with Crippen molar-refractivity contribution >= 4 is 76.0 Å². The SMILES string of the molecule is CCCOc1ccc(N2C(=O)NC(=O)/C(=C\c3cc(Cl)c(OCC(=O)Nc4ccc(Cl)cc4)c(Cl)c3)C2=O)cc1OC. The Labute approximate surface area is 256 Å². The molecule has 13 heteroatoms. The molecular formula is C29H24Cl3N3O7. The lowest BCUT2D eigenvalue weighted by atomic mass is 10.1. The molecule has 0 atom stereocenters. The Kier molecular flexibility index (Phi) is 9.95. The van der Waals surface area contributed by atoms with Crippen LogP contribution in [0.5, 0.6) is 17.2 Å². The summed E-state index contributed by atoms with van der Waals surface area (Å²) in [6.07, 6.45) is 2.01. The normalized spacial score (nSPS) is 14.1. The number of nitrogens with one attached hydrogen (secondary N) is 2. The van der Waals surface area contributed by atoms with Gasteiger partial charge in [-0.25, -0.2) is 9.69 Å². The molecule has 0 aromatic heterocycles. The molecule has 42 heavy (non-hydrogen) atoms. The number of barbiturate groups is 1. The molecule has 0 aliphatic carbocycles. The lowest BCUT2D eigenvalue weighted by molar-refractivity contribution is -0.122. The Morgan fingerprint density at radius 2 is 1.64 bits per heavy atom. The first kappa shape index (κ1) is 30.7. The van der Waals surface area contributed by atoms with Crippen molar-refractivity contribution in [3.05, 3.63) is 80.8 Å². The Morgan fingerprint density at radius 3 is 2.29 bits per heavy atom. The van der Waals surface area contributed by atoms with Crippen molar-refractivity contribution in [3.8, 4) is 17.2 Å². The second-order valence-electron chi connectivity index (χ2n) is 8.80. The Morgan fingerprint density at radius 1 is 0.952 bits per heavy atom. The third-order valence-electron chi connectivity index (χ3n) is 5.78. The highest BCUT2D eigenvalue weighted by molar-refractivity contribution is 6.40. The summed E-state index contributed by atoms with van der Waals surface area (Å²) < 4.78 is 16.5. The first-order chi connectivity index (χ1) is 20.1. The van der Waals surface area contributed by atoms with E-state index in [-0.39, 0.29) is 32.6 Å². The molecule has 3 aromatic rings. The summed E-state index contributed by atoms with van der Waals surface area (Å²) in [5.41, 5.74) is 0.613. The first-order valence-electron chi connectivity index (χ1n) is 12.5. The van der Waals surface area contributed by atoms with E-state index >= 15 is 0 Å². The van der Waals surface area contributed by atoms with E-state index in [0.29, 0.717) is 28.8 Å². The van der Waals surface area contributed by atoms with E-state index in [2.05, 4.69) is 10.6 Å². The van der Waals surface area contributed by atoms with Crippen molar-refractivity contribution in [2.45, 2.75) is 13.3 Å². The van der Waals surface area contributed by atoms with Crippen LogP contribution < -0.4 is 29.7 Å². The molecule has 1 fully saturated rings. The van der Waals surface area contributed by atoms with E-state index < -0.39 is 30.4 Å². The van der Waals surface area contributed by atoms with Crippen LogP contribution >= 0.6 is 34.8 Å². The average molecular weight is 633 g/mol. The number of nitrogens with zero attached hydrogens (tertiary/aromatic N) is 1. The second-order valence-corrected chi connectivity index (χ2v) is 10.0. The van der Waals surface area contributed by atoms with Gasteiger partial charge in [-0.1, -0.05) is 41.7 Å². The summed E-state index contributed by atoms with van der Waals surface area (Å²) >= 11 is 18.6. The van der Waals surface area contributed by atoms with Crippen LogP contribution in [0.1, 0.15) is 18.9 Å². The molecule has 4 rings (SSSR count). The summed E-state index contributed by atoms with van der Waals surface area (Å²) in [4.78, 5) is 51.7. The number of amides is 5. The van der Waals surface area contributed by atoms with Crippen molar-refractivity contribution in [2.75, 3.05) is 30.5 Å². The molecule has 1 heterocycles. The number of anilines is 2. The molecule has 1 saturated heterocycles. The number of urea groups is 1. The van der Waals surface area contributed by atoms with Gasteiger partial charge >= 0.3 is 6.03 Å². The predicted molar refractivity (Wildman–Crippen MR) is 160 cm³/mol. The minimum atomic E-state index is -0.928. The van der Waals surface area contributed by atoms with Crippen LogP contribution in [0, 0.1) is 0 Å². The van der Waals surface area contributed by atoms with Crippen LogP contribution in [0.3, 0.4) is 0 Å². The molecule has 1 aliphatic heterocycles. The fraction of sp³-hybridized carbons (Fsp3) is 0.172. The van der Waals surface area contributed by atoms with Crippen molar-refractivity contribution in [2.24, 2.45) is 0 Å². The van der Waals surface area contributed by atoms with Crippen molar-refractivity contribution < 1.29 is 33.4 Å². The summed E-state index contributed by atoms with van der Waals surface area (Å²) in [6, 6.07) is 12.9. The molecule has 218 valence electrons. The summed E-state index contributed by atoms with van der Waals surface area (Å²) in [7, 11) is 1.43. The standard InChI is InChI=1S/C29H24Cl3N3O7/c1-3-10-41-23-9-8-19(14-24(23)40-2)35-28(38)20(27(37)34-29(35)39)11-16-12-21(31)26(22(32)13-16)42-15-25(36)33-18-6-4-17(30)5-7-18/h4-9,11-14H,3,10,15H2,1-2H3,(H,33,36)(H,34,37,39)/b20-11+. The quantitative estimate of drug-likeness (QED) is 0.204. The number of carbonyl (C=O) groups is 4. The third kappa shape index (κ3) is 7.14. The zero-order valence-corrected chi connectivity index (χ0v) is 24.6. The molecule has 3 aromatic carbocycles. The number of benzene rings is 3. The maximum Gasteiger partial charge on any atom is 0.335 e. The minimum Gasteiger partial charge on any atom is -0.493 e. The van der Waals surface area contributed by atoms with Gasteiger partial charge in [-0.3, -0.25) is 19.7 Å². The molecule has 0 bridgehead atoms. The summed E-state index contributed by atoms with van der Waals surface area (Å²) in [5, 5.41) is 5.38. The predicted octanol–water partition coefficient (Wildman–Crippen LogP) is 6.13. The minimum absolute atomic E-state index is 0.0256. The number of imide groups is 2. The highest BCUT2D eigenvalue weighted by atomic mass is 35.5. The van der Waals surface area contributed by atoms with Crippen LogP contribution in [0.4, 0.5) is 16.2 Å². The number of methoxy groups -OCH3 is 1. The molecule has 5 amide bonds. The van der Waals surface area contributed by atoms with Crippen molar-refractivity contribution in [1.29, 1.82) is 0 Å². The van der Waals surface area contributed by atoms with E-state index in [1.54, 1.807) is 30.3 Å². The van der Waals surface area contributed by atoms with E-state index in [1.165, 1.54) is 37.5 Å². The number of carbonyl (C=O) groups excluding carboxylic acids is 4. The van der Waals surface area contributed by atoms with E-state index in [1.807, 2.05) is 6.92 Å². The van der Waals surface area contributed by atoms with Crippen molar-refractivity contribution in [1.82, 2.24) is 5.32 Å². The van der Waals surface area contributed by atoms with Gasteiger partial charge in [0.1, 0.15) is 5.57 Å². The monoisotopic (exact) mass is 631 g/mol. The molecule has 1 aliphatic rings. The fourth-order valence-corrected chi connectivity index (χ4v) is 4.59. The van der Waals surface area contributed by atoms with Gasteiger partial charge in [0.25, 0.3) is 17.7 Å². The van der Waals surface area contributed by atoms with Gasteiger partial charge in [-0.05, 0) is 66.6 Å². The molecular weight excluding hydrogens is 609 g/mol. The van der Waals surface area contributed by atoms with Gasteiger partial charge in [0, 0.05) is 16.8 Å². The number of hydrogen-bond donors (Lipinski definition) is 2. The number of rotatable bonds is 10. The van der Waals surface area contributed by atoms with Gasteiger partial charge in [-0.2, -0.15) is 0 Å². The molecule has 10 nitrogen and oxygen atoms in total. The molecule has 0 saturated carbocycles. The van der Waals surface area contributed by atoms with Crippen molar-refractivity contribution in [3.63, 3.8) is 0 Å².